The predicted molar refractivity (Wildman–Crippen MR) is 107 cm³/mol. The predicted octanol–water partition coefficient (Wildman–Crippen LogP) is 1.84. The second kappa shape index (κ2) is 11.5. The van der Waals surface area contributed by atoms with Gasteiger partial charge in [-0.25, -0.2) is 0 Å². The van der Waals surface area contributed by atoms with Crippen LogP contribution in [0.1, 0.15) is 34.1 Å². The molecule has 22 heavy (non-hydrogen) atoms. The van der Waals surface area contributed by atoms with Crippen LogP contribution < -0.4 is 10.6 Å². The van der Waals surface area contributed by atoms with Crippen LogP contribution in [-0.2, 0) is 0 Å². The van der Waals surface area contributed by atoms with Crippen LogP contribution in [0.4, 0.5) is 0 Å². The van der Waals surface area contributed by atoms with Gasteiger partial charge < -0.3 is 15.5 Å². The summed E-state index contributed by atoms with van der Waals surface area (Å²) in [7, 11) is 4.04. The molecule has 0 radical (unpaired) electrons. The van der Waals surface area contributed by atoms with Gasteiger partial charge in [-0.1, -0.05) is 0 Å². The minimum atomic E-state index is 0. The molecule has 0 bridgehead atoms. The van der Waals surface area contributed by atoms with Crippen molar-refractivity contribution in [1.29, 1.82) is 0 Å². The number of guanidine groups is 1. The highest BCUT2D eigenvalue weighted by Gasteiger charge is 2.19. The zero-order valence-electron chi connectivity index (χ0n) is 15.2. The van der Waals surface area contributed by atoms with Gasteiger partial charge >= 0.3 is 0 Å². The summed E-state index contributed by atoms with van der Waals surface area (Å²) in [5.41, 5.74) is 0. The number of hydrogen-bond donors (Lipinski definition) is 2. The molecule has 1 saturated heterocycles. The van der Waals surface area contributed by atoms with Gasteiger partial charge in [-0.15, -0.1) is 24.0 Å². The monoisotopic (exact) mass is 425 g/mol. The average Bonchev–Trinajstić information content (AvgIpc) is 2.82. The molecule has 0 aromatic carbocycles. The maximum Gasteiger partial charge on any atom is 0.191 e. The second-order valence-corrected chi connectivity index (χ2v) is 6.72. The summed E-state index contributed by atoms with van der Waals surface area (Å²) in [5, 5.41) is 6.89. The van der Waals surface area contributed by atoms with Crippen molar-refractivity contribution in [2.24, 2.45) is 10.9 Å². The molecule has 0 aromatic heterocycles. The first-order valence-corrected chi connectivity index (χ1v) is 8.32. The fraction of sp³-hybridized carbons (Fsp3) is 0.938. The van der Waals surface area contributed by atoms with Gasteiger partial charge in [-0.05, 0) is 53.6 Å². The Morgan fingerprint density at radius 2 is 1.86 bits per heavy atom. The SMILES string of the molecule is CN=C(NCCN(C(C)C)C(C)C)NCC1CCN(C)C1.I. The van der Waals surface area contributed by atoms with E-state index in [1.54, 1.807) is 0 Å². The van der Waals surface area contributed by atoms with Gasteiger partial charge in [0, 0.05) is 45.3 Å². The number of likely N-dealkylation sites (tertiary alicyclic amines) is 1. The fourth-order valence-electron chi connectivity index (χ4n) is 3.07. The smallest absolute Gasteiger partial charge is 0.191 e. The van der Waals surface area contributed by atoms with E-state index in [9.17, 15) is 0 Å². The Bertz CT molecular complexity index is 312. The normalized spacial score (nSPS) is 19.9. The van der Waals surface area contributed by atoms with Crippen molar-refractivity contribution in [3.63, 3.8) is 0 Å². The van der Waals surface area contributed by atoms with E-state index in [1.807, 2.05) is 7.05 Å². The van der Waals surface area contributed by atoms with E-state index in [2.05, 4.69) is 60.2 Å². The Morgan fingerprint density at radius 1 is 1.23 bits per heavy atom. The Hall–Kier alpha value is -0.0800. The first-order chi connectivity index (χ1) is 9.93. The summed E-state index contributed by atoms with van der Waals surface area (Å²) in [6, 6.07) is 1.16. The molecule has 1 unspecified atom stereocenters. The highest BCUT2D eigenvalue weighted by Crippen LogP contribution is 2.12. The van der Waals surface area contributed by atoms with Crippen LogP contribution in [0.5, 0.6) is 0 Å². The van der Waals surface area contributed by atoms with Gasteiger partial charge in [0.25, 0.3) is 0 Å². The lowest BCUT2D eigenvalue weighted by Crippen LogP contribution is -2.46. The summed E-state index contributed by atoms with van der Waals surface area (Å²) in [4.78, 5) is 9.20. The fourth-order valence-corrected chi connectivity index (χ4v) is 3.07. The standard InChI is InChI=1S/C16H35N5.HI/c1-13(2)21(14(3)4)10-8-18-16(17-5)19-11-15-7-9-20(6)12-15;/h13-15H,7-12H2,1-6H3,(H2,17,18,19);1H. The van der Waals surface area contributed by atoms with Crippen LogP contribution in [-0.4, -0.2) is 74.7 Å². The van der Waals surface area contributed by atoms with Crippen LogP contribution in [0.3, 0.4) is 0 Å². The third-order valence-electron chi connectivity index (χ3n) is 4.26. The van der Waals surface area contributed by atoms with Crippen molar-refractivity contribution in [3.8, 4) is 0 Å². The van der Waals surface area contributed by atoms with Crippen molar-refractivity contribution in [3.05, 3.63) is 0 Å². The maximum atomic E-state index is 4.32. The molecule has 0 spiro atoms. The van der Waals surface area contributed by atoms with Crippen LogP contribution >= 0.6 is 24.0 Å². The van der Waals surface area contributed by atoms with E-state index in [0.29, 0.717) is 12.1 Å². The van der Waals surface area contributed by atoms with Crippen LogP contribution in [0.25, 0.3) is 0 Å². The molecule has 6 heteroatoms. The lowest BCUT2D eigenvalue weighted by Gasteiger charge is -2.30. The van der Waals surface area contributed by atoms with E-state index in [0.717, 1.165) is 31.5 Å². The Morgan fingerprint density at radius 3 is 2.32 bits per heavy atom. The summed E-state index contributed by atoms with van der Waals surface area (Å²) >= 11 is 0. The molecular weight excluding hydrogens is 389 g/mol. The summed E-state index contributed by atoms with van der Waals surface area (Å²) < 4.78 is 0. The molecular formula is C16H36IN5. The first kappa shape index (κ1) is 21.9. The Kier molecular flexibility index (Phi) is 11.4. The van der Waals surface area contributed by atoms with E-state index in [4.69, 9.17) is 0 Å². The van der Waals surface area contributed by atoms with Gasteiger partial charge in [-0.2, -0.15) is 0 Å². The molecule has 2 N–H and O–H groups in total. The first-order valence-electron chi connectivity index (χ1n) is 8.32. The molecule has 1 aliphatic rings. The quantitative estimate of drug-likeness (QED) is 0.371. The number of hydrogen-bond acceptors (Lipinski definition) is 3. The molecule has 1 heterocycles. The summed E-state index contributed by atoms with van der Waals surface area (Å²) in [6.07, 6.45) is 1.29. The molecule has 5 nitrogen and oxygen atoms in total. The minimum Gasteiger partial charge on any atom is -0.356 e. The molecule has 1 rings (SSSR count). The lowest BCUT2D eigenvalue weighted by molar-refractivity contribution is 0.178. The number of nitrogens with one attached hydrogen (secondary N) is 2. The van der Waals surface area contributed by atoms with Crippen molar-refractivity contribution < 1.29 is 0 Å². The van der Waals surface area contributed by atoms with Gasteiger partial charge in [0.1, 0.15) is 0 Å². The van der Waals surface area contributed by atoms with Gasteiger partial charge in [0.15, 0.2) is 5.96 Å². The van der Waals surface area contributed by atoms with Gasteiger partial charge in [-0.3, -0.25) is 9.89 Å². The van der Waals surface area contributed by atoms with E-state index < -0.39 is 0 Å². The maximum absolute atomic E-state index is 4.32. The third kappa shape index (κ3) is 7.97. The molecule has 0 aromatic rings. The van der Waals surface area contributed by atoms with Crippen LogP contribution in [0.15, 0.2) is 4.99 Å². The zero-order valence-corrected chi connectivity index (χ0v) is 17.6. The average molecular weight is 425 g/mol. The number of nitrogens with zero attached hydrogens (tertiary/aromatic N) is 3. The summed E-state index contributed by atoms with van der Waals surface area (Å²) in [6.45, 7) is 14.4. The number of halogens is 1. The zero-order chi connectivity index (χ0) is 15.8. The molecule has 1 aliphatic heterocycles. The van der Waals surface area contributed by atoms with Crippen molar-refractivity contribution in [1.82, 2.24) is 20.4 Å². The number of aliphatic imine (C=N–C) groups is 1. The van der Waals surface area contributed by atoms with Crippen molar-refractivity contribution in [2.45, 2.75) is 46.2 Å². The number of rotatable bonds is 7. The van der Waals surface area contributed by atoms with E-state index >= 15 is 0 Å². The summed E-state index contributed by atoms with van der Waals surface area (Å²) in [5.74, 6) is 1.67. The molecule has 0 saturated carbocycles. The van der Waals surface area contributed by atoms with Crippen LogP contribution in [0.2, 0.25) is 0 Å². The largest absolute Gasteiger partial charge is 0.356 e. The van der Waals surface area contributed by atoms with Crippen LogP contribution in [0, 0.1) is 5.92 Å². The highest BCUT2D eigenvalue weighted by atomic mass is 127. The van der Waals surface area contributed by atoms with E-state index in [1.165, 1.54) is 19.5 Å². The molecule has 132 valence electrons. The van der Waals surface area contributed by atoms with Gasteiger partial charge in [0.2, 0.25) is 0 Å². The molecule has 0 aliphatic carbocycles. The molecule has 0 amide bonds. The highest BCUT2D eigenvalue weighted by molar-refractivity contribution is 14.0. The second-order valence-electron chi connectivity index (χ2n) is 6.72. The Balaban J connectivity index is 0.00000441. The van der Waals surface area contributed by atoms with Gasteiger partial charge in [0.05, 0.1) is 0 Å². The Labute approximate surface area is 154 Å². The molecule has 1 atom stereocenters. The minimum absolute atomic E-state index is 0. The lowest BCUT2D eigenvalue weighted by atomic mass is 10.1. The van der Waals surface area contributed by atoms with E-state index in [-0.39, 0.29) is 24.0 Å². The molecule has 1 fully saturated rings. The van der Waals surface area contributed by atoms with Crippen molar-refractivity contribution in [2.75, 3.05) is 46.8 Å². The topological polar surface area (TPSA) is 42.9 Å². The third-order valence-corrected chi connectivity index (χ3v) is 4.26. The van der Waals surface area contributed by atoms with Crippen molar-refractivity contribution >= 4 is 29.9 Å².